The maximum atomic E-state index is 13.0. The molecule has 0 heterocycles. The predicted molar refractivity (Wildman–Crippen MR) is 60.4 cm³/mol. The smallest absolute Gasteiger partial charge is 0.123 e. The number of nitrogens with two attached hydrogens (primary N) is 1. The highest BCUT2D eigenvalue weighted by Gasteiger charge is 2.24. The molecule has 15 heavy (non-hydrogen) atoms. The summed E-state index contributed by atoms with van der Waals surface area (Å²) in [6.45, 7) is 0. The van der Waals surface area contributed by atoms with Crippen LogP contribution in [0, 0.1) is 11.7 Å². The van der Waals surface area contributed by atoms with Crippen molar-refractivity contribution in [2.24, 2.45) is 11.7 Å². The zero-order valence-electron chi connectivity index (χ0n) is 8.55. The second kappa shape index (κ2) is 4.50. The van der Waals surface area contributed by atoms with E-state index in [4.69, 9.17) is 17.3 Å². The lowest BCUT2D eigenvalue weighted by Crippen LogP contribution is -2.36. The zero-order valence-corrected chi connectivity index (χ0v) is 9.30. The van der Waals surface area contributed by atoms with Crippen molar-refractivity contribution in [2.45, 2.75) is 31.7 Å². The van der Waals surface area contributed by atoms with Crippen LogP contribution in [0.2, 0.25) is 5.02 Å². The highest BCUT2D eigenvalue weighted by molar-refractivity contribution is 6.31. The molecule has 1 saturated carbocycles. The molecule has 1 aromatic rings. The van der Waals surface area contributed by atoms with Crippen molar-refractivity contribution >= 4 is 11.6 Å². The normalized spacial score (nSPS) is 18.6. The molecule has 1 aliphatic carbocycles. The van der Waals surface area contributed by atoms with E-state index in [9.17, 15) is 4.39 Å². The van der Waals surface area contributed by atoms with Crippen LogP contribution >= 0.6 is 11.6 Å². The zero-order chi connectivity index (χ0) is 10.8. The Bertz CT molecular complexity index is 349. The summed E-state index contributed by atoms with van der Waals surface area (Å²) in [5.41, 5.74) is 6.88. The number of rotatable bonds is 3. The maximum absolute atomic E-state index is 13.0. The van der Waals surface area contributed by atoms with Gasteiger partial charge in [-0.3, -0.25) is 0 Å². The van der Waals surface area contributed by atoms with Crippen molar-refractivity contribution in [3.05, 3.63) is 34.6 Å². The first-order valence-corrected chi connectivity index (χ1v) is 5.74. The molecule has 3 heteroatoms. The van der Waals surface area contributed by atoms with Gasteiger partial charge < -0.3 is 5.73 Å². The van der Waals surface area contributed by atoms with E-state index in [1.165, 1.54) is 31.4 Å². The fourth-order valence-corrected chi connectivity index (χ4v) is 2.18. The SMILES string of the molecule is NC(Cc1cc(F)ccc1Cl)C1CCC1. The van der Waals surface area contributed by atoms with E-state index in [1.807, 2.05) is 0 Å². The van der Waals surface area contributed by atoms with Gasteiger partial charge in [-0.25, -0.2) is 4.39 Å². The topological polar surface area (TPSA) is 26.0 Å². The summed E-state index contributed by atoms with van der Waals surface area (Å²) in [5, 5.41) is 0.617. The van der Waals surface area contributed by atoms with Gasteiger partial charge in [-0.05, 0) is 48.9 Å². The van der Waals surface area contributed by atoms with Gasteiger partial charge in [0.1, 0.15) is 5.82 Å². The first-order chi connectivity index (χ1) is 7.16. The van der Waals surface area contributed by atoms with Crippen LogP contribution in [0.5, 0.6) is 0 Å². The predicted octanol–water partition coefficient (Wildman–Crippen LogP) is 3.15. The second-order valence-electron chi connectivity index (χ2n) is 4.29. The Kier molecular flexibility index (Phi) is 3.27. The van der Waals surface area contributed by atoms with Gasteiger partial charge in [0.25, 0.3) is 0 Å². The molecule has 2 N–H and O–H groups in total. The quantitative estimate of drug-likeness (QED) is 0.844. The number of hydrogen-bond donors (Lipinski definition) is 1. The van der Waals surface area contributed by atoms with Gasteiger partial charge in [-0.1, -0.05) is 18.0 Å². The van der Waals surface area contributed by atoms with Crippen LogP contribution in [-0.2, 0) is 6.42 Å². The van der Waals surface area contributed by atoms with Gasteiger partial charge in [-0.15, -0.1) is 0 Å². The van der Waals surface area contributed by atoms with Crippen molar-refractivity contribution in [3.63, 3.8) is 0 Å². The lowest BCUT2D eigenvalue weighted by atomic mass is 9.78. The Hall–Kier alpha value is -0.600. The van der Waals surface area contributed by atoms with E-state index < -0.39 is 0 Å². The minimum Gasteiger partial charge on any atom is -0.327 e. The first kappa shape index (κ1) is 10.9. The van der Waals surface area contributed by atoms with Gasteiger partial charge in [0.2, 0.25) is 0 Å². The molecule has 2 rings (SSSR count). The van der Waals surface area contributed by atoms with Gasteiger partial charge in [0.15, 0.2) is 0 Å². The summed E-state index contributed by atoms with van der Waals surface area (Å²) in [4.78, 5) is 0. The monoisotopic (exact) mass is 227 g/mol. The van der Waals surface area contributed by atoms with E-state index in [1.54, 1.807) is 6.07 Å². The Morgan fingerprint density at radius 3 is 2.80 bits per heavy atom. The van der Waals surface area contributed by atoms with Crippen molar-refractivity contribution < 1.29 is 4.39 Å². The molecule has 0 saturated heterocycles. The van der Waals surface area contributed by atoms with Gasteiger partial charge >= 0.3 is 0 Å². The molecule has 1 aromatic carbocycles. The third-order valence-corrected chi connectivity index (χ3v) is 3.59. The van der Waals surface area contributed by atoms with Crippen LogP contribution in [0.4, 0.5) is 4.39 Å². The fourth-order valence-electron chi connectivity index (χ4n) is 1.99. The number of halogens is 2. The molecule has 1 aliphatic rings. The highest BCUT2D eigenvalue weighted by Crippen LogP contribution is 2.31. The number of benzene rings is 1. The van der Waals surface area contributed by atoms with E-state index >= 15 is 0 Å². The molecule has 0 bridgehead atoms. The molecule has 0 spiro atoms. The largest absolute Gasteiger partial charge is 0.327 e. The Morgan fingerprint density at radius 2 is 2.20 bits per heavy atom. The standard InChI is InChI=1S/C12H15ClFN/c13-11-5-4-10(14)6-9(11)7-12(15)8-2-1-3-8/h4-6,8,12H,1-3,7,15H2. The fraction of sp³-hybridized carbons (Fsp3) is 0.500. The van der Waals surface area contributed by atoms with Crippen LogP contribution in [0.15, 0.2) is 18.2 Å². The minimum atomic E-state index is -0.241. The molecular weight excluding hydrogens is 213 g/mol. The van der Waals surface area contributed by atoms with Crippen molar-refractivity contribution in [1.29, 1.82) is 0 Å². The lowest BCUT2D eigenvalue weighted by Gasteiger charge is -2.31. The third-order valence-electron chi connectivity index (χ3n) is 3.22. The molecule has 0 amide bonds. The molecule has 1 nitrogen and oxygen atoms in total. The average molecular weight is 228 g/mol. The lowest BCUT2D eigenvalue weighted by molar-refractivity contribution is 0.260. The van der Waals surface area contributed by atoms with Crippen molar-refractivity contribution in [3.8, 4) is 0 Å². The maximum Gasteiger partial charge on any atom is 0.123 e. The highest BCUT2D eigenvalue weighted by atomic mass is 35.5. The van der Waals surface area contributed by atoms with E-state index in [0.717, 1.165) is 5.56 Å². The van der Waals surface area contributed by atoms with Gasteiger partial charge in [-0.2, -0.15) is 0 Å². The molecule has 1 atom stereocenters. The van der Waals surface area contributed by atoms with Gasteiger partial charge in [0.05, 0.1) is 0 Å². The van der Waals surface area contributed by atoms with E-state index in [2.05, 4.69) is 0 Å². The first-order valence-electron chi connectivity index (χ1n) is 5.36. The molecule has 1 fully saturated rings. The summed E-state index contributed by atoms with van der Waals surface area (Å²) in [6.07, 6.45) is 4.36. The molecule has 0 radical (unpaired) electrons. The average Bonchev–Trinajstić information content (AvgIpc) is 2.08. The van der Waals surface area contributed by atoms with Crippen LogP contribution in [0.3, 0.4) is 0 Å². The van der Waals surface area contributed by atoms with E-state index in [0.29, 0.717) is 17.4 Å². The van der Waals surface area contributed by atoms with Crippen molar-refractivity contribution in [1.82, 2.24) is 0 Å². The van der Waals surface area contributed by atoms with Crippen LogP contribution in [0.1, 0.15) is 24.8 Å². The Labute approximate surface area is 94.4 Å². The molecule has 0 aliphatic heterocycles. The molecule has 82 valence electrons. The number of hydrogen-bond acceptors (Lipinski definition) is 1. The van der Waals surface area contributed by atoms with Crippen LogP contribution in [-0.4, -0.2) is 6.04 Å². The summed E-state index contributed by atoms with van der Waals surface area (Å²) in [6, 6.07) is 4.58. The van der Waals surface area contributed by atoms with Crippen LogP contribution in [0.25, 0.3) is 0 Å². The molecule has 0 aromatic heterocycles. The summed E-state index contributed by atoms with van der Waals surface area (Å²) in [5.74, 6) is 0.361. The van der Waals surface area contributed by atoms with Crippen molar-refractivity contribution in [2.75, 3.05) is 0 Å². The minimum absolute atomic E-state index is 0.123. The Balaban J connectivity index is 2.05. The molecule has 1 unspecified atom stereocenters. The second-order valence-corrected chi connectivity index (χ2v) is 4.70. The third kappa shape index (κ3) is 2.50. The summed E-state index contributed by atoms with van der Waals surface area (Å²) in [7, 11) is 0. The molecular formula is C12H15ClFN. The van der Waals surface area contributed by atoms with Gasteiger partial charge in [0, 0.05) is 11.1 Å². The summed E-state index contributed by atoms with van der Waals surface area (Å²) >= 11 is 5.98. The Morgan fingerprint density at radius 1 is 1.47 bits per heavy atom. The summed E-state index contributed by atoms with van der Waals surface area (Å²) < 4.78 is 13.0. The van der Waals surface area contributed by atoms with E-state index in [-0.39, 0.29) is 11.9 Å². The van der Waals surface area contributed by atoms with Crippen LogP contribution < -0.4 is 5.73 Å².